The van der Waals surface area contributed by atoms with Crippen LogP contribution in [0.25, 0.3) is 10.8 Å². The largest absolute Gasteiger partial charge is 0.508 e. The number of phenols is 1. The molecule has 19 heavy (non-hydrogen) atoms. The molecule has 0 amide bonds. The summed E-state index contributed by atoms with van der Waals surface area (Å²) in [6.45, 7) is 4.26. The average molecular weight is 321 g/mol. The number of benzene rings is 1. The molecule has 0 radical (unpaired) electrons. The quantitative estimate of drug-likeness (QED) is 0.816. The van der Waals surface area contributed by atoms with Crippen molar-refractivity contribution in [1.29, 1.82) is 0 Å². The Labute approximate surface area is 121 Å². The number of pyridine rings is 1. The summed E-state index contributed by atoms with van der Waals surface area (Å²) in [6.07, 6.45) is 2.97. The second-order valence-corrected chi connectivity index (χ2v) is 6.44. The van der Waals surface area contributed by atoms with Gasteiger partial charge >= 0.3 is 0 Å². The van der Waals surface area contributed by atoms with E-state index in [1.165, 1.54) is 0 Å². The summed E-state index contributed by atoms with van der Waals surface area (Å²) < 4.78 is 0. The number of hydrogen-bond acceptors (Lipinski definition) is 3. The van der Waals surface area contributed by atoms with Gasteiger partial charge in [0.15, 0.2) is 0 Å². The fourth-order valence-corrected chi connectivity index (χ4v) is 3.07. The summed E-state index contributed by atoms with van der Waals surface area (Å²) in [4.78, 5) is 7.44. The van der Waals surface area contributed by atoms with Gasteiger partial charge in [-0.1, -0.05) is 28.9 Å². The van der Waals surface area contributed by atoms with Crippen LogP contribution < -0.4 is 4.90 Å². The lowest BCUT2D eigenvalue weighted by Gasteiger charge is -2.35. The fourth-order valence-electron chi connectivity index (χ4n) is 2.70. The maximum Gasteiger partial charge on any atom is 0.136 e. The summed E-state index contributed by atoms with van der Waals surface area (Å²) in [6, 6.07) is 7.46. The molecule has 1 N–H and O–H groups in total. The van der Waals surface area contributed by atoms with Crippen LogP contribution in [0, 0.1) is 5.92 Å². The molecule has 1 aliphatic heterocycles. The van der Waals surface area contributed by atoms with E-state index >= 15 is 0 Å². The molecule has 0 saturated carbocycles. The van der Waals surface area contributed by atoms with Gasteiger partial charge in [-0.2, -0.15) is 0 Å². The van der Waals surface area contributed by atoms with Gasteiger partial charge in [0.2, 0.25) is 0 Å². The summed E-state index contributed by atoms with van der Waals surface area (Å²) in [5.41, 5.74) is 0. The van der Waals surface area contributed by atoms with E-state index in [2.05, 4.69) is 32.7 Å². The monoisotopic (exact) mass is 320 g/mol. The highest BCUT2D eigenvalue weighted by atomic mass is 79.9. The zero-order valence-electron chi connectivity index (χ0n) is 10.9. The SMILES string of the molecule is CC1CN(c2nccc3ccc(O)cc23)CCC1Br. The van der Waals surface area contributed by atoms with Gasteiger partial charge in [-0.05, 0) is 35.9 Å². The predicted molar refractivity (Wildman–Crippen MR) is 82.1 cm³/mol. The Hall–Kier alpha value is -1.29. The van der Waals surface area contributed by atoms with Crippen LogP contribution in [0.5, 0.6) is 5.75 Å². The van der Waals surface area contributed by atoms with Crippen molar-refractivity contribution in [2.45, 2.75) is 18.2 Å². The molecule has 4 heteroatoms. The highest BCUT2D eigenvalue weighted by Gasteiger charge is 2.25. The maximum absolute atomic E-state index is 9.69. The molecule has 3 nitrogen and oxygen atoms in total. The molecule has 1 aliphatic rings. The van der Waals surface area contributed by atoms with E-state index in [0.29, 0.717) is 16.5 Å². The van der Waals surface area contributed by atoms with E-state index < -0.39 is 0 Å². The van der Waals surface area contributed by atoms with Crippen molar-refractivity contribution in [3.63, 3.8) is 0 Å². The van der Waals surface area contributed by atoms with Crippen molar-refractivity contribution < 1.29 is 5.11 Å². The Bertz CT molecular complexity index is 602. The number of nitrogens with zero attached hydrogens (tertiary/aromatic N) is 2. The van der Waals surface area contributed by atoms with Gasteiger partial charge in [0.25, 0.3) is 0 Å². The average Bonchev–Trinajstić information content (AvgIpc) is 2.41. The number of hydrogen-bond donors (Lipinski definition) is 1. The standard InChI is InChI=1S/C15H17BrN2O/c1-10-9-18(7-5-14(10)16)15-13-8-12(19)3-2-11(13)4-6-17-15/h2-4,6,8,10,14,19H,5,7,9H2,1H3. The summed E-state index contributed by atoms with van der Waals surface area (Å²) in [5, 5.41) is 11.8. The number of rotatable bonds is 1. The third-order valence-corrected chi connectivity index (χ3v) is 5.19. The van der Waals surface area contributed by atoms with Gasteiger partial charge in [-0.15, -0.1) is 0 Å². The molecule has 2 unspecified atom stereocenters. The van der Waals surface area contributed by atoms with E-state index in [4.69, 9.17) is 0 Å². The minimum atomic E-state index is 0.296. The minimum absolute atomic E-state index is 0.296. The molecule has 1 aromatic carbocycles. The second kappa shape index (κ2) is 5.00. The zero-order chi connectivity index (χ0) is 13.4. The van der Waals surface area contributed by atoms with Crippen LogP contribution in [0.15, 0.2) is 30.5 Å². The highest BCUT2D eigenvalue weighted by molar-refractivity contribution is 9.09. The van der Waals surface area contributed by atoms with E-state index in [1.54, 1.807) is 6.07 Å². The van der Waals surface area contributed by atoms with Gasteiger partial charge < -0.3 is 10.0 Å². The van der Waals surface area contributed by atoms with Crippen LogP contribution in [0.3, 0.4) is 0 Å². The molecular formula is C15H17BrN2O. The summed E-state index contributed by atoms with van der Waals surface area (Å²) in [7, 11) is 0. The van der Waals surface area contributed by atoms with Crippen molar-refractivity contribution in [2.75, 3.05) is 18.0 Å². The number of aromatic nitrogens is 1. The molecule has 1 fully saturated rings. The van der Waals surface area contributed by atoms with Crippen LogP contribution in [0.2, 0.25) is 0 Å². The van der Waals surface area contributed by atoms with E-state index in [9.17, 15) is 5.11 Å². The number of alkyl halides is 1. The zero-order valence-corrected chi connectivity index (χ0v) is 12.5. The van der Waals surface area contributed by atoms with Crippen molar-refractivity contribution in [3.05, 3.63) is 30.5 Å². The van der Waals surface area contributed by atoms with E-state index in [0.717, 1.165) is 36.1 Å². The minimum Gasteiger partial charge on any atom is -0.508 e. The van der Waals surface area contributed by atoms with Gasteiger partial charge in [0.05, 0.1) is 0 Å². The first-order valence-electron chi connectivity index (χ1n) is 6.62. The molecule has 100 valence electrons. The molecule has 0 spiro atoms. The normalized spacial score (nSPS) is 23.8. The van der Waals surface area contributed by atoms with E-state index in [1.807, 2.05) is 24.4 Å². The van der Waals surface area contributed by atoms with Crippen LogP contribution in [-0.4, -0.2) is 28.0 Å². The van der Waals surface area contributed by atoms with Crippen molar-refractivity contribution in [2.24, 2.45) is 5.92 Å². The number of fused-ring (bicyclic) bond motifs is 1. The molecule has 2 heterocycles. The first-order chi connectivity index (χ1) is 9.15. The summed E-state index contributed by atoms with van der Waals surface area (Å²) >= 11 is 3.73. The van der Waals surface area contributed by atoms with Gasteiger partial charge in [-0.25, -0.2) is 4.98 Å². The summed E-state index contributed by atoms with van der Waals surface area (Å²) in [5.74, 6) is 1.88. The van der Waals surface area contributed by atoms with Gasteiger partial charge in [0, 0.05) is 29.5 Å². The Balaban J connectivity index is 2.03. The fraction of sp³-hybridized carbons (Fsp3) is 0.400. The molecule has 2 atom stereocenters. The topological polar surface area (TPSA) is 36.4 Å². The van der Waals surface area contributed by atoms with Crippen LogP contribution in [-0.2, 0) is 0 Å². The molecule has 3 rings (SSSR count). The first kappa shape index (κ1) is 12.7. The molecule has 0 bridgehead atoms. The van der Waals surface area contributed by atoms with Crippen LogP contribution in [0.1, 0.15) is 13.3 Å². The third kappa shape index (κ3) is 2.41. The van der Waals surface area contributed by atoms with Crippen LogP contribution in [0.4, 0.5) is 5.82 Å². The molecule has 1 aromatic heterocycles. The first-order valence-corrected chi connectivity index (χ1v) is 7.53. The Morgan fingerprint density at radius 3 is 3.00 bits per heavy atom. The Kier molecular flexibility index (Phi) is 3.35. The van der Waals surface area contributed by atoms with Crippen LogP contribution >= 0.6 is 15.9 Å². The molecular weight excluding hydrogens is 304 g/mol. The smallest absolute Gasteiger partial charge is 0.136 e. The number of piperidine rings is 1. The van der Waals surface area contributed by atoms with Crippen molar-refractivity contribution in [3.8, 4) is 5.75 Å². The maximum atomic E-state index is 9.69. The Morgan fingerprint density at radius 2 is 2.21 bits per heavy atom. The lowest BCUT2D eigenvalue weighted by Crippen LogP contribution is -2.40. The van der Waals surface area contributed by atoms with Crippen molar-refractivity contribution in [1.82, 2.24) is 4.98 Å². The number of anilines is 1. The van der Waals surface area contributed by atoms with Crippen molar-refractivity contribution >= 4 is 32.5 Å². The molecule has 2 aromatic rings. The van der Waals surface area contributed by atoms with Gasteiger partial charge in [0.1, 0.15) is 11.6 Å². The number of phenolic OH excluding ortho intramolecular Hbond substituents is 1. The lowest BCUT2D eigenvalue weighted by molar-refractivity contribution is 0.464. The van der Waals surface area contributed by atoms with E-state index in [-0.39, 0.29) is 0 Å². The third-order valence-electron chi connectivity index (χ3n) is 3.83. The van der Waals surface area contributed by atoms with Gasteiger partial charge in [-0.3, -0.25) is 0 Å². The Morgan fingerprint density at radius 1 is 1.37 bits per heavy atom. The lowest BCUT2D eigenvalue weighted by atomic mass is 9.99. The molecule has 1 saturated heterocycles. The molecule has 0 aliphatic carbocycles. The number of aromatic hydroxyl groups is 1. The highest BCUT2D eigenvalue weighted by Crippen LogP contribution is 2.32. The predicted octanol–water partition coefficient (Wildman–Crippen LogP) is 3.55. The number of halogens is 1. The second-order valence-electron chi connectivity index (χ2n) is 5.27.